The van der Waals surface area contributed by atoms with Crippen LogP contribution in [0.3, 0.4) is 0 Å². The van der Waals surface area contributed by atoms with E-state index < -0.39 is 0 Å². The van der Waals surface area contributed by atoms with Gasteiger partial charge in [0.2, 0.25) is 0 Å². The van der Waals surface area contributed by atoms with Crippen molar-refractivity contribution >= 4 is 5.91 Å². The molecule has 3 aromatic rings. The monoisotopic (exact) mass is 417 g/mol. The third-order valence-electron chi connectivity index (χ3n) is 5.92. The van der Waals surface area contributed by atoms with Gasteiger partial charge in [-0.05, 0) is 47.1 Å². The van der Waals surface area contributed by atoms with Gasteiger partial charge in [-0.25, -0.2) is 9.67 Å². The lowest BCUT2D eigenvalue weighted by molar-refractivity contribution is 0.0950. The van der Waals surface area contributed by atoms with Crippen molar-refractivity contribution in [3.05, 3.63) is 83.4 Å². The van der Waals surface area contributed by atoms with E-state index in [1.807, 2.05) is 30.3 Å². The third kappa shape index (κ3) is 5.79. The number of likely N-dealkylation sites (tertiary alicyclic amines) is 1. The Morgan fingerprint density at radius 3 is 2.39 bits per heavy atom. The molecule has 6 heteroatoms. The van der Waals surface area contributed by atoms with E-state index in [0.717, 1.165) is 37.0 Å². The summed E-state index contributed by atoms with van der Waals surface area (Å²) in [6.45, 7) is 9.09. The van der Waals surface area contributed by atoms with Crippen LogP contribution in [0.25, 0.3) is 0 Å². The van der Waals surface area contributed by atoms with Crippen LogP contribution in [0, 0.1) is 11.8 Å². The van der Waals surface area contributed by atoms with Crippen molar-refractivity contribution in [3.63, 3.8) is 0 Å². The number of hydrogen-bond acceptors (Lipinski definition) is 4. The van der Waals surface area contributed by atoms with Crippen molar-refractivity contribution in [2.75, 3.05) is 13.1 Å². The summed E-state index contributed by atoms with van der Waals surface area (Å²) < 4.78 is 1.76. The second-order valence-electron chi connectivity index (χ2n) is 8.88. The lowest BCUT2D eigenvalue weighted by Gasteiger charge is -2.35. The van der Waals surface area contributed by atoms with Crippen LogP contribution in [0.4, 0.5) is 0 Å². The second-order valence-corrected chi connectivity index (χ2v) is 8.88. The largest absolute Gasteiger partial charge is 0.348 e. The Morgan fingerprint density at radius 2 is 1.71 bits per heavy atom. The van der Waals surface area contributed by atoms with Gasteiger partial charge in [-0.15, -0.1) is 0 Å². The average molecular weight is 418 g/mol. The third-order valence-corrected chi connectivity index (χ3v) is 5.92. The molecule has 1 aliphatic heterocycles. The standard InChI is InChI=1S/C25H31N5O/c1-19-11-20(2)14-29(13-19)16-24-6-4-3-5-23(24)12-27-25(31)22-9-7-21(8-10-22)15-30-18-26-17-28-30/h3-10,17-20H,11-16H2,1-2H3,(H,27,31)/t19-,20+. The molecule has 0 spiro atoms. The van der Waals surface area contributed by atoms with E-state index in [-0.39, 0.29) is 5.91 Å². The van der Waals surface area contributed by atoms with Gasteiger partial charge in [0.25, 0.3) is 5.91 Å². The van der Waals surface area contributed by atoms with E-state index in [2.05, 4.69) is 52.3 Å². The van der Waals surface area contributed by atoms with Crippen molar-refractivity contribution in [1.29, 1.82) is 0 Å². The molecule has 2 atom stereocenters. The van der Waals surface area contributed by atoms with Crippen LogP contribution in [0.2, 0.25) is 0 Å². The minimum absolute atomic E-state index is 0.0534. The van der Waals surface area contributed by atoms with Gasteiger partial charge in [0.05, 0.1) is 6.54 Å². The number of nitrogens with zero attached hydrogens (tertiary/aromatic N) is 4. The summed E-state index contributed by atoms with van der Waals surface area (Å²) >= 11 is 0. The highest BCUT2D eigenvalue weighted by Crippen LogP contribution is 2.23. The van der Waals surface area contributed by atoms with Crippen LogP contribution in [-0.4, -0.2) is 38.7 Å². The topological polar surface area (TPSA) is 63.1 Å². The molecular formula is C25H31N5O. The highest BCUT2D eigenvalue weighted by atomic mass is 16.1. The molecule has 0 unspecified atom stereocenters. The minimum atomic E-state index is -0.0534. The summed E-state index contributed by atoms with van der Waals surface area (Å²) in [5.74, 6) is 1.42. The molecule has 2 heterocycles. The Kier molecular flexibility index (Phi) is 6.77. The number of benzene rings is 2. The van der Waals surface area contributed by atoms with Crippen LogP contribution in [0.1, 0.15) is 47.3 Å². The van der Waals surface area contributed by atoms with Gasteiger partial charge >= 0.3 is 0 Å². The molecule has 1 fully saturated rings. The number of hydrogen-bond donors (Lipinski definition) is 1. The molecule has 1 aromatic heterocycles. The van der Waals surface area contributed by atoms with E-state index in [1.54, 1.807) is 11.0 Å². The predicted molar refractivity (Wildman–Crippen MR) is 121 cm³/mol. The van der Waals surface area contributed by atoms with Crippen molar-refractivity contribution in [1.82, 2.24) is 25.0 Å². The summed E-state index contributed by atoms with van der Waals surface area (Å²) in [7, 11) is 0. The maximum Gasteiger partial charge on any atom is 0.251 e. The van der Waals surface area contributed by atoms with Crippen LogP contribution in [-0.2, 0) is 19.6 Å². The molecule has 0 radical (unpaired) electrons. The highest BCUT2D eigenvalue weighted by molar-refractivity contribution is 5.94. The highest BCUT2D eigenvalue weighted by Gasteiger charge is 2.22. The van der Waals surface area contributed by atoms with Crippen LogP contribution < -0.4 is 5.32 Å². The summed E-state index contributed by atoms with van der Waals surface area (Å²) in [6, 6.07) is 16.1. The summed E-state index contributed by atoms with van der Waals surface area (Å²) in [5, 5.41) is 7.20. The molecule has 4 rings (SSSR count). The first-order chi connectivity index (χ1) is 15.1. The number of carbonyl (C=O) groups is 1. The van der Waals surface area contributed by atoms with Gasteiger partial charge < -0.3 is 5.32 Å². The van der Waals surface area contributed by atoms with Gasteiger partial charge in [0, 0.05) is 31.7 Å². The van der Waals surface area contributed by atoms with E-state index in [9.17, 15) is 4.79 Å². The van der Waals surface area contributed by atoms with E-state index >= 15 is 0 Å². The Labute approximate surface area is 184 Å². The van der Waals surface area contributed by atoms with Crippen LogP contribution >= 0.6 is 0 Å². The number of nitrogens with one attached hydrogen (secondary N) is 1. The zero-order chi connectivity index (χ0) is 21.6. The van der Waals surface area contributed by atoms with Gasteiger partial charge in [0.1, 0.15) is 12.7 Å². The number of amides is 1. The fraction of sp³-hybridized carbons (Fsp3) is 0.400. The number of carbonyl (C=O) groups excluding carboxylic acids is 1. The number of rotatable bonds is 7. The molecule has 6 nitrogen and oxygen atoms in total. The lowest BCUT2D eigenvalue weighted by atomic mass is 9.91. The van der Waals surface area contributed by atoms with E-state index in [1.165, 1.54) is 23.9 Å². The Morgan fingerprint density at radius 1 is 1.00 bits per heavy atom. The summed E-state index contributed by atoms with van der Waals surface area (Å²) in [6.07, 6.45) is 4.52. The fourth-order valence-corrected chi connectivity index (χ4v) is 4.59. The molecule has 2 aromatic carbocycles. The average Bonchev–Trinajstić information content (AvgIpc) is 3.26. The van der Waals surface area contributed by atoms with Crippen molar-refractivity contribution in [2.24, 2.45) is 11.8 Å². The molecular weight excluding hydrogens is 386 g/mol. The van der Waals surface area contributed by atoms with Gasteiger partial charge in [-0.2, -0.15) is 5.10 Å². The second kappa shape index (κ2) is 9.88. The molecule has 1 amide bonds. The molecule has 0 aliphatic carbocycles. The van der Waals surface area contributed by atoms with E-state index in [4.69, 9.17) is 0 Å². The van der Waals surface area contributed by atoms with Crippen molar-refractivity contribution in [2.45, 2.75) is 39.9 Å². The Hall–Kier alpha value is -2.99. The summed E-state index contributed by atoms with van der Waals surface area (Å²) in [5.41, 5.74) is 4.23. The Bertz CT molecular complexity index is 973. The normalized spacial score (nSPS) is 19.3. The first kappa shape index (κ1) is 21.2. The van der Waals surface area contributed by atoms with Gasteiger partial charge in [0.15, 0.2) is 0 Å². The molecule has 162 valence electrons. The first-order valence-corrected chi connectivity index (χ1v) is 11.1. The maximum absolute atomic E-state index is 12.7. The molecule has 1 aliphatic rings. The molecule has 1 N–H and O–H groups in total. The first-order valence-electron chi connectivity index (χ1n) is 11.1. The smallest absolute Gasteiger partial charge is 0.251 e. The molecule has 31 heavy (non-hydrogen) atoms. The molecule has 0 saturated carbocycles. The zero-order valence-electron chi connectivity index (χ0n) is 18.4. The lowest BCUT2D eigenvalue weighted by Crippen LogP contribution is -2.38. The van der Waals surface area contributed by atoms with Gasteiger partial charge in [-0.1, -0.05) is 50.2 Å². The molecule has 0 bridgehead atoms. The predicted octanol–water partition coefficient (Wildman–Crippen LogP) is 3.73. The number of aromatic nitrogens is 3. The summed E-state index contributed by atoms with van der Waals surface area (Å²) in [4.78, 5) is 19.2. The fourth-order valence-electron chi connectivity index (χ4n) is 4.59. The van der Waals surface area contributed by atoms with Gasteiger partial charge in [-0.3, -0.25) is 9.69 Å². The minimum Gasteiger partial charge on any atom is -0.348 e. The van der Waals surface area contributed by atoms with Crippen molar-refractivity contribution in [3.8, 4) is 0 Å². The van der Waals surface area contributed by atoms with Crippen LogP contribution in [0.15, 0.2) is 61.2 Å². The Balaban J connectivity index is 1.35. The quantitative estimate of drug-likeness (QED) is 0.636. The SMILES string of the molecule is C[C@@H]1C[C@H](C)CN(Cc2ccccc2CNC(=O)c2ccc(Cn3cncn3)cc2)C1. The maximum atomic E-state index is 12.7. The number of piperidine rings is 1. The zero-order valence-corrected chi connectivity index (χ0v) is 18.4. The van der Waals surface area contributed by atoms with Crippen molar-refractivity contribution < 1.29 is 4.79 Å². The van der Waals surface area contributed by atoms with E-state index in [0.29, 0.717) is 18.7 Å². The molecule has 1 saturated heterocycles. The van der Waals surface area contributed by atoms with Crippen LogP contribution in [0.5, 0.6) is 0 Å².